The highest BCUT2D eigenvalue weighted by molar-refractivity contribution is 5.94. The quantitative estimate of drug-likeness (QED) is 0.827. The van der Waals surface area contributed by atoms with E-state index in [0.717, 1.165) is 5.69 Å². The third-order valence-electron chi connectivity index (χ3n) is 2.31. The van der Waals surface area contributed by atoms with Crippen molar-refractivity contribution in [1.82, 2.24) is 20.3 Å². The maximum atomic E-state index is 11.8. The molecule has 0 aromatic carbocycles. The van der Waals surface area contributed by atoms with Gasteiger partial charge >= 0.3 is 0 Å². The number of nitrogen functional groups attached to an aromatic ring is 1. The monoisotopic (exact) mass is 243 g/mol. The number of aryl methyl sites for hydroxylation is 1. The number of carbonyl (C=O) groups excluding carboxylic acids is 1. The van der Waals surface area contributed by atoms with Crippen molar-refractivity contribution in [1.29, 1.82) is 0 Å². The predicted molar refractivity (Wildman–Crippen MR) is 66.6 cm³/mol. The molecule has 0 bridgehead atoms. The van der Waals surface area contributed by atoms with E-state index < -0.39 is 0 Å². The van der Waals surface area contributed by atoms with Crippen molar-refractivity contribution in [3.05, 3.63) is 47.7 Å². The minimum atomic E-state index is -0.216. The minimum Gasteiger partial charge on any atom is -0.384 e. The van der Waals surface area contributed by atoms with Crippen LogP contribution in [0.1, 0.15) is 21.7 Å². The standard InChI is InChI=1S/C12H13N5O/c1-8-5-16-10(6-15-8)7-17-12(18)9-2-3-14-11(13)4-9/h2-6H,7H2,1H3,(H2,13,14)(H,17,18). The first kappa shape index (κ1) is 12.0. The summed E-state index contributed by atoms with van der Waals surface area (Å²) in [6.07, 6.45) is 4.79. The Balaban J connectivity index is 1.98. The number of carbonyl (C=O) groups is 1. The Bertz CT molecular complexity index is 553. The van der Waals surface area contributed by atoms with Gasteiger partial charge in [-0.05, 0) is 19.1 Å². The van der Waals surface area contributed by atoms with Gasteiger partial charge in [0.2, 0.25) is 0 Å². The number of nitrogens with zero attached hydrogens (tertiary/aromatic N) is 3. The molecule has 0 saturated carbocycles. The van der Waals surface area contributed by atoms with Crippen molar-refractivity contribution in [3.8, 4) is 0 Å². The number of hydrogen-bond donors (Lipinski definition) is 2. The lowest BCUT2D eigenvalue weighted by atomic mass is 10.2. The minimum absolute atomic E-state index is 0.216. The number of nitrogens with one attached hydrogen (secondary N) is 1. The van der Waals surface area contributed by atoms with Crippen LogP contribution in [0.5, 0.6) is 0 Å². The third kappa shape index (κ3) is 3.00. The molecule has 0 saturated heterocycles. The van der Waals surface area contributed by atoms with E-state index >= 15 is 0 Å². The first-order valence-electron chi connectivity index (χ1n) is 5.42. The molecule has 6 heteroatoms. The number of amides is 1. The van der Waals surface area contributed by atoms with Crippen LogP contribution in [-0.4, -0.2) is 20.9 Å². The van der Waals surface area contributed by atoms with Crippen LogP contribution in [0.25, 0.3) is 0 Å². The number of nitrogens with two attached hydrogens (primary N) is 1. The fourth-order valence-electron chi connectivity index (χ4n) is 1.37. The van der Waals surface area contributed by atoms with Crippen molar-refractivity contribution in [2.24, 2.45) is 0 Å². The zero-order valence-corrected chi connectivity index (χ0v) is 9.92. The second-order valence-corrected chi connectivity index (χ2v) is 3.80. The number of hydrogen-bond acceptors (Lipinski definition) is 5. The van der Waals surface area contributed by atoms with Gasteiger partial charge in [0.25, 0.3) is 5.91 Å². The maximum absolute atomic E-state index is 11.8. The molecule has 2 heterocycles. The number of pyridine rings is 1. The zero-order valence-electron chi connectivity index (χ0n) is 9.92. The van der Waals surface area contributed by atoms with E-state index in [1.54, 1.807) is 18.5 Å². The highest BCUT2D eigenvalue weighted by Gasteiger charge is 2.06. The summed E-state index contributed by atoms with van der Waals surface area (Å²) in [7, 11) is 0. The van der Waals surface area contributed by atoms with Crippen LogP contribution in [0.2, 0.25) is 0 Å². The highest BCUT2D eigenvalue weighted by Crippen LogP contribution is 2.03. The Morgan fingerprint density at radius 1 is 1.33 bits per heavy atom. The van der Waals surface area contributed by atoms with Gasteiger partial charge < -0.3 is 11.1 Å². The summed E-state index contributed by atoms with van der Waals surface area (Å²) in [6.45, 7) is 2.18. The topological polar surface area (TPSA) is 93.8 Å². The second kappa shape index (κ2) is 5.22. The van der Waals surface area contributed by atoms with E-state index in [-0.39, 0.29) is 5.91 Å². The average Bonchev–Trinajstić information content (AvgIpc) is 2.38. The summed E-state index contributed by atoms with van der Waals surface area (Å²) >= 11 is 0. The fraction of sp³-hybridized carbons (Fsp3) is 0.167. The van der Waals surface area contributed by atoms with Crippen LogP contribution in [0.3, 0.4) is 0 Å². The molecular formula is C12H13N5O. The Kier molecular flexibility index (Phi) is 3.47. The molecule has 0 aliphatic carbocycles. The third-order valence-corrected chi connectivity index (χ3v) is 2.31. The second-order valence-electron chi connectivity index (χ2n) is 3.80. The summed E-state index contributed by atoms with van der Waals surface area (Å²) in [4.78, 5) is 23.9. The van der Waals surface area contributed by atoms with E-state index in [1.807, 2.05) is 6.92 Å². The molecule has 0 spiro atoms. The molecule has 0 atom stereocenters. The van der Waals surface area contributed by atoms with Gasteiger partial charge in [0.15, 0.2) is 0 Å². The number of anilines is 1. The van der Waals surface area contributed by atoms with Gasteiger partial charge in [-0.2, -0.15) is 0 Å². The van der Waals surface area contributed by atoms with Gasteiger partial charge in [-0.15, -0.1) is 0 Å². The predicted octanol–water partition coefficient (Wildman–Crippen LogP) is 0.692. The molecule has 0 aliphatic rings. The van der Waals surface area contributed by atoms with Crippen LogP contribution in [-0.2, 0) is 6.54 Å². The summed E-state index contributed by atoms with van der Waals surface area (Å²) in [5, 5.41) is 2.74. The van der Waals surface area contributed by atoms with Crippen LogP contribution in [0.4, 0.5) is 5.82 Å². The van der Waals surface area contributed by atoms with Crippen LogP contribution >= 0.6 is 0 Å². The Morgan fingerprint density at radius 2 is 2.17 bits per heavy atom. The molecule has 0 aliphatic heterocycles. The van der Waals surface area contributed by atoms with Gasteiger partial charge in [0.1, 0.15) is 5.82 Å². The number of rotatable bonds is 3. The molecule has 0 fully saturated rings. The van der Waals surface area contributed by atoms with Crippen molar-refractivity contribution < 1.29 is 4.79 Å². The molecule has 2 rings (SSSR count). The largest absolute Gasteiger partial charge is 0.384 e. The summed E-state index contributed by atoms with van der Waals surface area (Å²) in [6, 6.07) is 3.13. The smallest absolute Gasteiger partial charge is 0.251 e. The van der Waals surface area contributed by atoms with Crippen LogP contribution in [0, 0.1) is 6.92 Å². The summed E-state index contributed by atoms with van der Waals surface area (Å²) in [5.74, 6) is 0.101. The molecule has 1 amide bonds. The normalized spacial score (nSPS) is 10.1. The van der Waals surface area contributed by atoms with E-state index in [2.05, 4.69) is 20.3 Å². The maximum Gasteiger partial charge on any atom is 0.251 e. The fourth-order valence-corrected chi connectivity index (χ4v) is 1.37. The Labute approximate surface area is 104 Å². The summed E-state index contributed by atoms with van der Waals surface area (Å²) in [5.41, 5.74) is 7.53. The first-order chi connectivity index (χ1) is 8.65. The SMILES string of the molecule is Cc1cnc(CNC(=O)c2ccnc(N)c2)cn1. The van der Waals surface area contributed by atoms with Gasteiger partial charge in [0.05, 0.1) is 24.1 Å². The summed E-state index contributed by atoms with van der Waals surface area (Å²) < 4.78 is 0. The first-order valence-corrected chi connectivity index (χ1v) is 5.42. The Morgan fingerprint density at radius 3 is 2.83 bits per heavy atom. The van der Waals surface area contributed by atoms with Gasteiger partial charge in [-0.3, -0.25) is 14.8 Å². The zero-order chi connectivity index (χ0) is 13.0. The molecule has 6 nitrogen and oxygen atoms in total. The van der Waals surface area contributed by atoms with Crippen LogP contribution in [0.15, 0.2) is 30.7 Å². The van der Waals surface area contributed by atoms with Crippen molar-refractivity contribution in [3.63, 3.8) is 0 Å². The molecule has 2 aromatic heterocycles. The van der Waals surface area contributed by atoms with Crippen LogP contribution < -0.4 is 11.1 Å². The molecular weight excluding hydrogens is 230 g/mol. The lowest BCUT2D eigenvalue weighted by molar-refractivity contribution is 0.0950. The average molecular weight is 243 g/mol. The van der Waals surface area contributed by atoms with E-state index in [4.69, 9.17) is 5.73 Å². The van der Waals surface area contributed by atoms with Crippen molar-refractivity contribution in [2.45, 2.75) is 13.5 Å². The molecule has 2 aromatic rings. The molecule has 3 N–H and O–H groups in total. The molecule has 18 heavy (non-hydrogen) atoms. The van der Waals surface area contributed by atoms with Gasteiger partial charge in [0, 0.05) is 18.0 Å². The van der Waals surface area contributed by atoms with Gasteiger partial charge in [-0.1, -0.05) is 0 Å². The van der Waals surface area contributed by atoms with Crippen molar-refractivity contribution in [2.75, 3.05) is 5.73 Å². The Hall–Kier alpha value is -2.50. The molecule has 0 radical (unpaired) electrons. The van der Waals surface area contributed by atoms with E-state index in [0.29, 0.717) is 23.6 Å². The highest BCUT2D eigenvalue weighted by atomic mass is 16.1. The lowest BCUT2D eigenvalue weighted by Crippen LogP contribution is -2.23. The number of aromatic nitrogens is 3. The molecule has 92 valence electrons. The van der Waals surface area contributed by atoms with E-state index in [9.17, 15) is 4.79 Å². The molecule has 0 unspecified atom stereocenters. The van der Waals surface area contributed by atoms with Crippen molar-refractivity contribution >= 4 is 11.7 Å². The lowest BCUT2D eigenvalue weighted by Gasteiger charge is -2.05. The van der Waals surface area contributed by atoms with E-state index in [1.165, 1.54) is 12.3 Å². The van der Waals surface area contributed by atoms with Gasteiger partial charge in [-0.25, -0.2) is 4.98 Å².